The number of fused-ring (bicyclic) bond motifs is 8. The number of rotatable bonds is 5. The molecule has 3 atom stereocenters. The first-order chi connectivity index (χ1) is 23.5. The van der Waals surface area contributed by atoms with E-state index in [0.717, 1.165) is 28.9 Å². The quantitative estimate of drug-likeness (QED) is 0.189. The minimum absolute atomic E-state index is 0.143. The van der Waals surface area contributed by atoms with Crippen molar-refractivity contribution in [3.8, 4) is 11.1 Å². The number of furan rings is 1. The normalized spacial score (nSPS) is 22.8. The molecule has 4 aliphatic rings. The van der Waals surface area contributed by atoms with Crippen LogP contribution in [0.3, 0.4) is 0 Å². The van der Waals surface area contributed by atoms with E-state index in [2.05, 4.69) is 122 Å². The van der Waals surface area contributed by atoms with E-state index < -0.39 is 0 Å². The summed E-state index contributed by atoms with van der Waals surface area (Å²) in [6, 6.07) is 39.5. The van der Waals surface area contributed by atoms with Crippen LogP contribution in [0.2, 0.25) is 0 Å². The summed E-state index contributed by atoms with van der Waals surface area (Å²) in [6.45, 7) is 4.76. The molecule has 6 aromatic rings. The van der Waals surface area contributed by atoms with Gasteiger partial charge in [0.15, 0.2) is 0 Å². The van der Waals surface area contributed by atoms with Crippen molar-refractivity contribution in [3.63, 3.8) is 0 Å². The summed E-state index contributed by atoms with van der Waals surface area (Å²) in [7, 11) is 0. The first-order valence-electron chi connectivity index (χ1n) is 18.6. The molecule has 2 bridgehead atoms. The topological polar surface area (TPSA) is 16.4 Å². The van der Waals surface area contributed by atoms with Crippen LogP contribution in [0.4, 0.5) is 17.1 Å². The first kappa shape index (κ1) is 28.7. The molecule has 0 saturated heterocycles. The highest BCUT2D eigenvalue weighted by Gasteiger charge is 2.40. The largest absolute Gasteiger partial charge is 0.456 e. The van der Waals surface area contributed by atoms with Crippen molar-refractivity contribution in [1.82, 2.24) is 0 Å². The molecule has 48 heavy (non-hydrogen) atoms. The van der Waals surface area contributed by atoms with Crippen molar-refractivity contribution in [2.24, 2.45) is 11.8 Å². The average molecular weight is 628 g/mol. The summed E-state index contributed by atoms with van der Waals surface area (Å²) in [4.78, 5) is 2.49. The Kier molecular flexibility index (Phi) is 6.49. The molecule has 0 amide bonds. The van der Waals surface area contributed by atoms with Gasteiger partial charge in [-0.05, 0) is 144 Å². The molecule has 0 spiro atoms. The lowest BCUT2D eigenvalue weighted by Crippen LogP contribution is -2.16. The van der Waals surface area contributed by atoms with E-state index in [0.29, 0.717) is 5.92 Å². The predicted octanol–water partition coefficient (Wildman–Crippen LogP) is 13.3. The number of hydrogen-bond acceptors (Lipinski definition) is 2. The second kappa shape index (κ2) is 10.9. The maximum absolute atomic E-state index is 6.36. The summed E-state index contributed by atoms with van der Waals surface area (Å²) in [5.74, 6) is 3.31. The lowest BCUT2D eigenvalue weighted by Gasteiger charge is -2.29. The molecule has 2 nitrogen and oxygen atoms in total. The minimum atomic E-state index is -0.143. The zero-order valence-corrected chi connectivity index (χ0v) is 28.3. The van der Waals surface area contributed by atoms with Gasteiger partial charge in [0, 0.05) is 33.2 Å². The molecule has 1 aromatic heterocycles. The predicted molar refractivity (Wildman–Crippen MR) is 200 cm³/mol. The fourth-order valence-corrected chi connectivity index (χ4v) is 10.4. The molecule has 3 fully saturated rings. The van der Waals surface area contributed by atoms with Crippen LogP contribution in [0.1, 0.15) is 106 Å². The summed E-state index contributed by atoms with van der Waals surface area (Å²) < 4.78 is 6.36. The van der Waals surface area contributed by atoms with Crippen LogP contribution in [-0.2, 0) is 5.41 Å². The summed E-state index contributed by atoms with van der Waals surface area (Å²) in [5.41, 5.74) is 13.9. The minimum Gasteiger partial charge on any atom is -0.456 e. The highest BCUT2D eigenvalue weighted by atomic mass is 16.3. The third-order valence-corrected chi connectivity index (χ3v) is 13.0. The van der Waals surface area contributed by atoms with Crippen molar-refractivity contribution < 1.29 is 4.42 Å². The molecule has 240 valence electrons. The molecule has 0 aliphatic heterocycles. The van der Waals surface area contributed by atoms with E-state index >= 15 is 0 Å². The van der Waals surface area contributed by atoms with Crippen LogP contribution in [0, 0.1) is 11.8 Å². The van der Waals surface area contributed by atoms with Gasteiger partial charge in [-0.1, -0.05) is 88.1 Å². The Morgan fingerprint density at radius 1 is 0.583 bits per heavy atom. The van der Waals surface area contributed by atoms with Crippen LogP contribution in [0.15, 0.2) is 108 Å². The van der Waals surface area contributed by atoms with Crippen LogP contribution in [-0.4, -0.2) is 0 Å². The van der Waals surface area contributed by atoms with Gasteiger partial charge >= 0.3 is 0 Å². The molecule has 0 N–H and O–H groups in total. The third kappa shape index (κ3) is 4.44. The van der Waals surface area contributed by atoms with Crippen molar-refractivity contribution in [1.29, 1.82) is 0 Å². The highest BCUT2D eigenvalue weighted by molar-refractivity contribution is 6.07. The smallest absolute Gasteiger partial charge is 0.135 e. The molecule has 3 saturated carbocycles. The Bertz CT molecular complexity index is 2160. The number of hydrogen-bond donors (Lipinski definition) is 0. The molecular formula is C46H45NO. The zero-order valence-electron chi connectivity index (χ0n) is 28.3. The maximum atomic E-state index is 6.36. The molecule has 2 heteroatoms. The van der Waals surface area contributed by atoms with Crippen molar-refractivity contribution in [2.75, 3.05) is 4.90 Å². The van der Waals surface area contributed by atoms with Crippen molar-refractivity contribution in [3.05, 3.63) is 125 Å². The second-order valence-corrected chi connectivity index (χ2v) is 16.0. The van der Waals surface area contributed by atoms with Gasteiger partial charge in [-0.3, -0.25) is 0 Å². The monoisotopic (exact) mass is 627 g/mol. The maximum Gasteiger partial charge on any atom is 0.135 e. The lowest BCUT2D eigenvalue weighted by molar-refractivity contribution is 0.420. The summed E-state index contributed by atoms with van der Waals surface area (Å²) >= 11 is 0. The van der Waals surface area contributed by atoms with Gasteiger partial charge in [0.1, 0.15) is 11.2 Å². The standard InChI is InChI=1S/C46H45NO/c1-46(2)42-26-36(22-23-37(42)40-27-41-38-10-6-7-11-44(38)48-45(41)28-43(40)46)47(34-18-14-31(15-19-34)30-8-4-3-5-9-30)35-20-16-32(17-21-35)39-25-29-12-13-33(39)24-29/h6-7,10-11,14-23,26-30,33,39H,3-5,8-9,12-13,24-25H2,1-2H3. The van der Waals surface area contributed by atoms with Gasteiger partial charge in [0.2, 0.25) is 0 Å². The van der Waals surface area contributed by atoms with Crippen molar-refractivity contribution in [2.45, 2.75) is 88.9 Å². The van der Waals surface area contributed by atoms with Crippen LogP contribution >= 0.6 is 0 Å². The molecular weight excluding hydrogens is 583 g/mol. The first-order valence-corrected chi connectivity index (χ1v) is 18.6. The second-order valence-electron chi connectivity index (χ2n) is 16.0. The Balaban J connectivity index is 1.06. The van der Waals surface area contributed by atoms with E-state index in [1.165, 1.54) is 113 Å². The Labute approximate surface area is 284 Å². The van der Waals surface area contributed by atoms with E-state index in [9.17, 15) is 0 Å². The van der Waals surface area contributed by atoms with Crippen LogP contribution in [0.25, 0.3) is 33.1 Å². The Morgan fingerprint density at radius 3 is 2.02 bits per heavy atom. The van der Waals surface area contributed by atoms with E-state index in [4.69, 9.17) is 4.42 Å². The molecule has 10 rings (SSSR count). The molecule has 4 aliphatic carbocycles. The molecule has 1 heterocycles. The average Bonchev–Trinajstić information content (AvgIpc) is 3.90. The van der Waals surface area contributed by atoms with Gasteiger partial charge in [-0.15, -0.1) is 0 Å². The summed E-state index contributed by atoms with van der Waals surface area (Å²) in [5, 5.41) is 2.39. The molecule has 0 radical (unpaired) electrons. The number of para-hydroxylation sites is 1. The lowest BCUT2D eigenvalue weighted by atomic mass is 9.82. The molecule has 5 aromatic carbocycles. The number of anilines is 3. The number of benzene rings is 5. The van der Waals surface area contributed by atoms with Gasteiger partial charge < -0.3 is 9.32 Å². The fourth-order valence-electron chi connectivity index (χ4n) is 10.4. The molecule has 3 unspecified atom stereocenters. The van der Waals surface area contributed by atoms with E-state index in [1.54, 1.807) is 5.56 Å². The van der Waals surface area contributed by atoms with E-state index in [1.807, 2.05) is 0 Å². The third-order valence-electron chi connectivity index (χ3n) is 13.0. The van der Waals surface area contributed by atoms with Gasteiger partial charge in [0.05, 0.1) is 0 Å². The van der Waals surface area contributed by atoms with Crippen LogP contribution in [0.5, 0.6) is 0 Å². The van der Waals surface area contributed by atoms with Gasteiger partial charge in [-0.25, -0.2) is 0 Å². The van der Waals surface area contributed by atoms with Gasteiger partial charge in [-0.2, -0.15) is 0 Å². The van der Waals surface area contributed by atoms with E-state index in [-0.39, 0.29) is 5.41 Å². The summed E-state index contributed by atoms with van der Waals surface area (Å²) in [6.07, 6.45) is 12.5. The highest BCUT2D eigenvalue weighted by Crippen LogP contribution is 2.54. The Hall–Kier alpha value is -4.30. The zero-order chi connectivity index (χ0) is 32.0. The number of nitrogens with zero attached hydrogens (tertiary/aromatic N) is 1. The van der Waals surface area contributed by atoms with Crippen LogP contribution < -0.4 is 4.90 Å². The Morgan fingerprint density at radius 2 is 1.29 bits per heavy atom. The van der Waals surface area contributed by atoms with Gasteiger partial charge in [0.25, 0.3) is 0 Å². The fraction of sp³-hybridized carbons (Fsp3) is 0.348. The van der Waals surface area contributed by atoms with Crippen molar-refractivity contribution >= 4 is 39.0 Å². The SMILES string of the molecule is CC1(C)c2cc(N(c3ccc(C4CCCCC4)cc3)c3ccc(C4CC5CCC4C5)cc3)ccc2-c2cc3c(cc21)oc1ccccc13.